The fourth-order valence-corrected chi connectivity index (χ4v) is 2.93. The van der Waals surface area contributed by atoms with Crippen LogP contribution in [0.2, 0.25) is 5.02 Å². The summed E-state index contributed by atoms with van der Waals surface area (Å²) in [5.74, 6) is 0.307. The lowest BCUT2D eigenvalue weighted by Gasteiger charge is -2.34. The lowest BCUT2D eigenvalue weighted by Crippen LogP contribution is -2.49. The van der Waals surface area contributed by atoms with E-state index in [1.54, 1.807) is 18.5 Å². The molecule has 9 heteroatoms. The summed E-state index contributed by atoms with van der Waals surface area (Å²) >= 11 is 5.89. The van der Waals surface area contributed by atoms with Gasteiger partial charge in [0.05, 0.1) is 10.7 Å². The van der Waals surface area contributed by atoms with Gasteiger partial charge in [-0.15, -0.1) is 0 Å². The van der Waals surface area contributed by atoms with Gasteiger partial charge in [0.1, 0.15) is 5.82 Å². The lowest BCUT2D eigenvalue weighted by atomic mass is 10.3. The molecule has 1 aromatic heterocycles. The molecule has 2 N–H and O–H groups in total. The Kier molecular flexibility index (Phi) is 6.19. The number of anilines is 2. The van der Waals surface area contributed by atoms with Crippen LogP contribution < -0.4 is 15.5 Å². The summed E-state index contributed by atoms with van der Waals surface area (Å²) in [6.07, 6.45) is 3.48. The normalized spacial score (nSPS) is 14.9. The SMILES string of the molecule is O=C(NCCN1CCN(c2ncccn2)CC1)Nc1ccc(F)cc1Cl. The van der Waals surface area contributed by atoms with Gasteiger partial charge in [0, 0.05) is 51.7 Å². The molecule has 138 valence electrons. The van der Waals surface area contributed by atoms with E-state index in [1.807, 2.05) is 0 Å². The number of hydrogen-bond acceptors (Lipinski definition) is 5. The lowest BCUT2D eigenvalue weighted by molar-refractivity contribution is 0.240. The molecule has 0 bridgehead atoms. The average molecular weight is 379 g/mol. The highest BCUT2D eigenvalue weighted by Crippen LogP contribution is 2.22. The number of carbonyl (C=O) groups is 1. The van der Waals surface area contributed by atoms with Crippen LogP contribution in [-0.2, 0) is 0 Å². The number of piperazine rings is 1. The zero-order valence-corrected chi connectivity index (χ0v) is 14.9. The van der Waals surface area contributed by atoms with Crippen LogP contribution in [0.1, 0.15) is 0 Å². The second kappa shape index (κ2) is 8.77. The number of urea groups is 1. The number of halogens is 2. The zero-order valence-electron chi connectivity index (χ0n) is 14.2. The number of carbonyl (C=O) groups excluding carboxylic acids is 1. The summed E-state index contributed by atoms with van der Waals surface area (Å²) < 4.78 is 13.0. The van der Waals surface area contributed by atoms with Crippen LogP contribution >= 0.6 is 11.6 Å². The number of amides is 2. The van der Waals surface area contributed by atoms with Crippen LogP contribution in [0.3, 0.4) is 0 Å². The standard InChI is InChI=1S/C17H20ClFN6O/c18-14-12-13(19)2-3-15(14)23-17(26)22-6-7-24-8-10-25(11-9-24)16-20-4-1-5-21-16/h1-5,12H,6-11H2,(H2,22,23,26). The molecular formula is C17H20ClFN6O. The predicted octanol–water partition coefficient (Wildman–Crippen LogP) is 2.21. The van der Waals surface area contributed by atoms with Crippen molar-refractivity contribution in [2.45, 2.75) is 0 Å². The Morgan fingerprint density at radius 2 is 1.92 bits per heavy atom. The minimum atomic E-state index is -0.444. The van der Waals surface area contributed by atoms with E-state index in [1.165, 1.54) is 12.1 Å². The third-order valence-corrected chi connectivity index (χ3v) is 4.41. The van der Waals surface area contributed by atoms with E-state index in [2.05, 4.69) is 30.4 Å². The Labute approximate surface area is 156 Å². The molecule has 0 spiro atoms. The van der Waals surface area contributed by atoms with Crippen molar-refractivity contribution < 1.29 is 9.18 Å². The van der Waals surface area contributed by atoms with Crippen molar-refractivity contribution in [3.63, 3.8) is 0 Å². The van der Waals surface area contributed by atoms with Gasteiger partial charge in [-0.25, -0.2) is 19.2 Å². The maximum Gasteiger partial charge on any atom is 0.319 e. The van der Waals surface area contributed by atoms with Gasteiger partial charge >= 0.3 is 6.03 Å². The molecule has 1 saturated heterocycles. The van der Waals surface area contributed by atoms with Crippen molar-refractivity contribution in [1.29, 1.82) is 0 Å². The summed E-state index contributed by atoms with van der Waals surface area (Å²) in [6.45, 7) is 4.71. The van der Waals surface area contributed by atoms with Gasteiger partial charge < -0.3 is 15.5 Å². The Morgan fingerprint density at radius 3 is 2.62 bits per heavy atom. The number of aromatic nitrogens is 2. The average Bonchev–Trinajstić information content (AvgIpc) is 2.65. The second-order valence-electron chi connectivity index (χ2n) is 5.88. The van der Waals surface area contributed by atoms with Crippen LogP contribution in [0.25, 0.3) is 0 Å². The monoisotopic (exact) mass is 378 g/mol. The fourth-order valence-electron chi connectivity index (χ4n) is 2.71. The number of nitrogens with one attached hydrogen (secondary N) is 2. The highest BCUT2D eigenvalue weighted by molar-refractivity contribution is 6.33. The molecule has 0 unspecified atom stereocenters. The third-order valence-electron chi connectivity index (χ3n) is 4.10. The van der Waals surface area contributed by atoms with E-state index in [4.69, 9.17) is 11.6 Å². The zero-order chi connectivity index (χ0) is 18.4. The summed E-state index contributed by atoms with van der Waals surface area (Å²) in [5.41, 5.74) is 0.377. The first-order valence-electron chi connectivity index (χ1n) is 8.36. The Hall–Kier alpha value is -2.45. The van der Waals surface area contributed by atoms with Gasteiger partial charge in [-0.05, 0) is 24.3 Å². The Morgan fingerprint density at radius 1 is 1.19 bits per heavy atom. The molecule has 7 nitrogen and oxygen atoms in total. The first-order chi connectivity index (χ1) is 12.6. The summed E-state index contributed by atoms with van der Waals surface area (Å²) in [4.78, 5) is 24.8. The van der Waals surface area contributed by atoms with E-state index in [0.29, 0.717) is 12.2 Å². The highest BCUT2D eigenvalue weighted by Gasteiger charge is 2.18. The van der Waals surface area contributed by atoms with Crippen molar-refractivity contribution in [2.75, 3.05) is 49.5 Å². The highest BCUT2D eigenvalue weighted by atomic mass is 35.5. The quantitative estimate of drug-likeness (QED) is 0.834. The van der Waals surface area contributed by atoms with Crippen LogP contribution in [0, 0.1) is 5.82 Å². The molecular weight excluding hydrogens is 359 g/mol. The maximum absolute atomic E-state index is 13.0. The first-order valence-corrected chi connectivity index (χ1v) is 8.74. The minimum absolute atomic E-state index is 0.166. The molecule has 0 atom stereocenters. The van der Waals surface area contributed by atoms with Crippen LogP contribution in [-0.4, -0.2) is 60.2 Å². The third kappa shape index (κ3) is 5.03. The molecule has 0 aliphatic carbocycles. The molecule has 26 heavy (non-hydrogen) atoms. The molecule has 2 heterocycles. The van der Waals surface area contributed by atoms with Gasteiger partial charge in [-0.3, -0.25) is 4.90 Å². The van der Waals surface area contributed by atoms with E-state index in [9.17, 15) is 9.18 Å². The van der Waals surface area contributed by atoms with Crippen molar-refractivity contribution in [1.82, 2.24) is 20.2 Å². The number of nitrogens with zero attached hydrogens (tertiary/aromatic N) is 4. The molecule has 0 radical (unpaired) electrons. The minimum Gasteiger partial charge on any atom is -0.338 e. The molecule has 1 aliphatic heterocycles. The molecule has 1 aliphatic rings. The van der Waals surface area contributed by atoms with E-state index >= 15 is 0 Å². The Bertz CT molecular complexity index is 739. The van der Waals surface area contributed by atoms with Gasteiger partial charge in [-0.2, -0.15) is 0 Å². The van der Waals surface area contributed by atoms with Gasteiger partial charge in [0.25, 0.3) is 0 Å². The van der Waals surface area contributed by atoms with Crippen molar-refractivity contribution in [3.05, 3.63) is 47.5 Å². The molecule has 1 aromatic carbocycles. The second-order valence-corrected chi connectivity index (χ2v) is 6.29. The van der Waals surface area contributed by atoms with Gasteiger partial charge in [0.2, 0.25) is 5.95 Å². The van der Waals surface area contributed by atoms with Crippen molar-refractivity contribution in [3.8, 4) is 0 Å². The van der Waals surface area contributed by atoms with Gasteiger partial charge in [0.15, 0.2) is 0 Å². The fraction of sp³-hybridized carbons (Fsp3) is 0.353. The summed E-state index contributed by atoms with van der Waals surface area (Å²) in [5, 5.41) is 5.56. The first kappa shape index (κ1) is 18.3. The predicted molar refractivity (Wildman–Crippen MR) is 99.1 cm³/mol. The Balaban J connectivity index is 1.37. The van der Waals surface area contributed by atoms with Gasteiger partial charge in [-0.1, -0.05) is 11.6 Å². The van der Waals surface area contributed by atoms with Crippen molar-refractivity contribution >= 4 is 29.3 Å². The number of hydrogen-bond donors (Lipinski definition) is 2. The molecule has 0 saturated carbocycles. The van der Waals surface area contributed by atoms with Crippen LogP contribution in [0.15, 0.2) is 36.7 Å². The van der Waals surface area contributed by atoms with E-state index in [0.717, 1.165) is 44.7 Å². The molecule has 2 amide bonds. The van der Waals surface area contributed by atoms with E-state index in [-0.39, 0.29) is 11.1 Å². The van der Waals surface area contributed by atoms with Crippen molar-refractivity contribution in [2.24, 2.45) is 0 Å². The maximum atomic E-state index is 13.0. The molecule has 3 rings (SSSR count). The molecule has 2 aromatic rings. The van der Waals surface area contributed by atoms with Crippen LogP contribution in [0.5, 0.6) is 0 Å². The number of rotatable bonds is 5. The number of benzene rings is 1. The van der Waals surface area contributed by atoms with E-state index < -0.39 is 5.82 Å². The largest absolute Gasteiger partial charge is 0.338 e. The molecule has 1 fully saturated rings. The summed E-state index contributed by atoms with van der Waals surface area (Å²) in [7, 11) is 0. The topological polar surface area (TPSA) is 73.4 Å². The smallest absolute Gasteiger partial charge is 0.319 e. The summed E-state index contributed by atoms with van der Waals surface area (Å²) in [6, 6.07) is 5.28. The van der Waals surface area contributed by atoms with Crippen LogP contribution in [0.4, 0.5) is 20.8 Å².